The van der Waals surface area contributed by atoms with Gasteiger partial charge in [-0.3, -0.25) is 9.48 Å². The second-order valence-electron chi connectivity index (χ2n) is 6.16. The van der Waals surface area contributed by atoms with Crippen LogP contribution < -0.4 is 10.1 Å². The average molecular weight is 377 g/mol. The standard InChI is InChI=1S/C20H19N5O3/c1-3-15(25-11-5-10-22-25)19(26)23-14-12-13(7-8-16(14)27-2)20-24-18-17(28-20)6-4-9-21-18/h4-12,15H,3H2,1-2H3,(H,23,26)/t15-/m0/s1. The Kier molecular flexibility index (Phi) is 4.76. The first kappa shape index (κ1) is 17.7. The first-order valence-corrected chi connectivity index (χ1v) is 8.89. The molecule has 0 spiro atoms. The van der Waals surface area contributed by atoms with Gasteiger partial charge in [-0.25, -0.2) is 4.98 Å². The van der Waals surface area contributed by atoms with Gasteiger partial charge in [0.05, 0.1) is 12.8 Å². The molecule has 3 aromatic heterocycles. The van der Waals surface area contributed by atoms with E-state index in [1.807, 2.05) is 13.0 Å². The fourth-order valence-corrected chi connectivity index (χ4v) is 3.00. The van der Waals surface area contributed by atoms with Crippen molar-refractivity contribution in [3.8, 4) is 17.2 Å². The lowest BCUT2D eigenvalue weighted by Crippen LogP contribution is -2.26. The summed E-state index contributed by atoms with van der Waals surface area (Å²) in [6, 6.07) is 10.3. The molecule has 1 atom stereocenters. The minimum atomic E-state index is -0.420. The number of oxazole rings is 1. The van der Waals surface area contributed by atoms with Crippen LogP contribution in [0.3, 0.4) is 0 Å². The van der Waals surface area contributed by atoms with E-state index in [4.69, 9.17) is 9.15 Å². The SMILES string of the molecule is CC[C@@H](C(=O)Nc1cc(-c2nc3ncccc3o2)ccc1OC)n1cccn1. The van der Waals surface area contributed by atoms with Crippen LogP contribution in [-0.2, 0) is 4.79 Å². The third-order valence-electron chi connectivity index (χ3n) is 4.40. The number of nitrogens with zero attached hydrogens (tertiary/aromatic N) is 4. The van der Waals surface area contributed by atoms with Crippen LogP contribution >= 0.6 is 0 Å². The first-order valence-electron chi connectivity index (χ1n) is 8.89. The van der Waals surface area contributed by atoms with E-state index >= 15 is 0 Å². The summed E-state index contributed by atoms with van der Waals surface area (Å²) in [5, 5.41) is 7.11. The summed E-state index contributed by atoms with van der Waals surface area (Å²) in [5.74, 6) is 0.786. The fraction of sp³-hybridized carbons (Fsp3) is 0.200. The summed E-state index contributed by atoms with van der Waals surface area (Å²) < 4.78 is 12.8. The van der Waals surface area contributed by atoms with E-state index in [0.29, 0.717) is 40.5 Å². The summed E-state index contributed by atoms with van der Waals surface area (Å²) >= 11 is 0. The molecule has 0 saturated heterocycles. The number of rotatable bonds is 6. The van der Waals surface area contributed by atoms with Gasteiger partial charge in [0.15, 0.2) is 11.2 Å². The smallest absolute Gasteiger partial charge is 0.249 e. The molecule has 4 rings (SSSR count). The van der Waals surface area contributed by atoms with Gasteiger partial charge in [0.1, 0.15) is 11.8 Å². The molecule has 1 N–H and O–H groups in total. The van der Waals surface area contributed by atoms with Gasteiger partial charge in [-0.05, 0) is 42.8 Å². The predicted octanol–water partition coefficient (Wildman–Crippen LogP) is 3.68. The van der Waals surface area contributed by atoms with Crippen molar-refractivity contribution in [2.75, 3.05) is 12.4 Å². The Balaban J connectivity index is 1.66. The number of methoxy groups -OCH3 is 1. The molecule has 0 bridgehead atoms. The van der Waals surface area contributed by atoms with Crippen molar-refractivity contribution in [2.45, 2.75) is 19.4 Å². The number of fused-ring (bicyclic) bond motifs is 1. The fourth-order valence-electron chi connectivity index (χ4n) is 3.00. The highest BCUT2D eigenvalue weighted by Gasteiger charge is 2.21. The van der Waals surface area contributed by atoms with Gasteiger partial charge in [0, 0.05) is 24.2 Å². The van der Waals surface area contributed by atoms with Crippen LogP contribution in [0, 0.1) is 0 Å². The van der Waals surface area contributed by atoms with Crippen molar-refractivity contribution < 1.29 is 13.9 Å². The number of pyridine rings is 1. The minimum Gasteiger partial charge on any atom is -0.495 e. The van der Waals surface area contributed by atoms with Crippen molar-refractivity contribution in [3.63, 3.8) is 0 Å². The maximum atomic E-state index is 12.8. The van der Waals surface area contributed by atoms with Crippen molar-refractivity contribution in [1.29, 1.82) is 0 Å². The molecule has 28 heavy (non-hydrogen) atoms. The van der Waals surface area contributed by atoms with E-state index < -0.39 is 6.04 Å². The molecule has 142 valence electrons. The van der Waals surface area contributed by atoms with Gasteiger partial charge in [-0.15, -0.1) is 0 Å². The normalized spacial score (nSPS) is 12.1. The van der Waals surface area contributed by atoms with Crippen LogP contribution in [0.1, 0.15) is 19.4 Å². The number of benzene rings is 1. The number of nitrogens with one attached hydrogen (secondary N) is 1. The second-order valence-corrected chi connectivity index (χ2v) is 6.16. The lowest BCUT2D eigenvalue weighted by molar-refractivity contribution is -0.119. The Hall–Kier alpha value is -3.68. The third-order valence-corrected chi connectivity index (χ3v) is 4.40. The molecule has 8 nitrogen and oxygen atoms in total. The largest absolute Gasteiger partial charge is 0.495 e. The Bertz CT molecular complexity index is 1070. The number of carbonyl (C=O) groups excluding carboxylic acids is 1. The van der Waals surface area contributed by atoms with Gasteiger partial charge < -0.3 is 14.5 Å². The molecule has 0 aliphatic heterocycles. The van der Waals surface area contributed by atoms with Gasteiger partial charge >= 0.3 is 0 Å². The predicted molar refractivity (Wildman–Crippen MR) is 104 cm³/mol. The molecule has 0 aliphatic rings. The van der Waals surface area contributed by atoms with Crippen molar-refractivity contribution in [1.82, 2.24) is 19.7 Å². The van der Waals surface area contributed by atoms with Gasteiger partial charge in [-0.1, -0.05) is 6.92 Å². The number of amides is 1. The van der Waals surface area contributed by atoms with Crippen molar-refractivity contribution in [3.05, 3.63) is 55.0 Å². The second kappa shape index (κ2) is 7.51. The van der Waals surface area contributed by atoms with E-state index in [1.165, 1.54) is 0 Å². The van der Waals surface area contributed by atoms with E-state index in [1.54, 1.807) is 60.7 Å². The zero-order chi connectivity index (χ0) is 19.5. The van der Waals surface area contributed by atoms with Crippen LogP contribution in [0.25, 0.3) is 22.7 Å². The molecule has 0 radical (unpaired) electrons. The first-order chi connectivity index (χ1) is 13.7. The summed E-state index contributed by atoms with van der Waals surface area (Å²) in [5.41, 5.74) is 2.37. The van der Waals surface area contributed by atoms with Crippen LogP contribution in [-0.4, -0.2) is 32.8 Å². The molecule has 0 unspecified atom stereocenters. The molecule has 0 saturated carbocycles. The summed E-state index contributed by atoms with van der Waals surface area (Å²) in [7, 11) is 1.55. The summed E-state index contributed by atoms with van der Waals surface area (Å²) in [4.78, 5) is 21.4. The quantitative estimate of drug-likeness (QED) is 0.551. The number of anilines is 1. The Morgan fingerprint density at radius 3 is 2.89 bits per heavy atom. The summed E-state index contributed by atoms with van der Waals surface area (Å²) in [6.45, 7) is 1.94. The van der Waals surface area contributed by atoms with Crippen molar-refractivity contribution in [2.24, 2.45) is 0 Å². The van der Waals surface area contributed by atoms with Crippen molar-refractivity contribution >= 4 is 22.8 Å². The maximum Gasteiger partial charge on any atom is 0.249 e. The molecular formula is C20H19N5O3. The Labute approximate surface area is 161 Å². The monoisotopic (exact) mass is 377 g/mol. The number of hydrogen-bond acceptors (Lipinski definition) is 6. The zero-order valence-electron chi connectivity index (χ0n) is 15.5. The van der Waals surface area contributed by atoms with E-state index in [-0.39, 0.29) is 5.91 Å². The Morgan fingerprint density at radius 1 is 1.29 bits per heavy atom. The minimum absolute atomic E-state index is 0.180. The molecule has 1 amide bonds. The molecule has 4 aromatic rings. The van der Waals surface area contributed by atoms with Gasteiger partial charge in [0.2, 0.25) is 11.8 Å². The number of carbonyl (C=O) groups is 1. The summed E-state index contributed by atoms with van der Waals surface area (Å²) in [6.07, 6.45) is 5.69. The van der Waals surface area contributed by atoms with Gasteiger partial charge in [0.25, 0.3) is 0 Å². The molecule has 3 heterocycles. The molecule has 0 aliphatic carbocycles. The number of hydrogen-bond donors (Lipinski definition) is 1. The average Bonchev–Trinajstić information content (AvgIpc) is 3.38. The highest BCUT2D eigenvalue weighted by atomic mass is 16.5. The Morgan fingerprint density at radius 2 is 2.18 bits per heavy atom. The zero-order valence-corrected chi connectivity index (χ0v) is 15.5. The third kappa shape index (κ3) is 3.32. The molecule has 1 aromatic carbocycles. The lowest BCUT2D eigenvalue weighted by atomic mass is 10.1. The highest BCUT2D eigenvalue weighted by molar-refractivity contribution is 5.95. The van der Waals surface area contributed by atoms with Crippen LogP contribution in [0.15, 0.2) is 59.4 Å². The number of aromatic nitrogens is 4. The van der Waals surface area contributed by atoms with Gasteiger partial charge in [-0.2, -0.15) is 10.1 Å². The lowest BCUT2D eigenvalue weighted by Gasteiger charge is -2.17. The van der Waals surface area contributed by atoms with E-state index in [9.17, 15) is 4.79 Å². The van der Waals surface area contributed by atoms with E-state index in [2.05, 4.69) is 20.4 Å². The van der Waals surface area contributed by atoms with Crippen LogP contribution in [0.4, 0.5) is 5.69 Å². The van der Waals surface area contributed by atoms with Crippen LogP contribution in [0.2, 0.25) is 0 Å². The topological polar surface area (TPSA) is 95.1 Å². The number of ether oxygens (including phenoxy) is 1. The molecule has 8 heteroatoms. The van der Waals surface area contributed by atoms with E-state index in [0.717, 1.165) is 0 Å². The maximum absolute atomic E-state index is 12.8. The highest BCUT2D eigenvalue weighted by Crippen LogP contribution is 2.32. The molecule has 0 fully saturated rings. The van der Waals surface area contributed by atoms with Crippen LogP contribution in [0.5, 0.6) is 5.75 Å². The molecular weight excluding hydrogens is 358 g/mol.